The summed E-state index contributed by atoms with van der Waals surface area (Å²) in [6.45, 7) is 4.98. The molecule has 1 saturated carbocycles. The maximum absolute atomic E-state index is 6.31. The molecule has 0 radical (unpaired) electrons. The summed E-state index contributed by atoms with van der Waals surface area (Å²) in [6.07, 6.45) is 6.75. The Labute approximate surface area is 131 Å². The fourth-order valence-corrected chi connectivity index (χ4v) is 3.03. The Kier molecular flexibility index (Phi) is 4.67. The third-order valence-electron chi connectivity index (χ3n) is 3.97. The van der Waals surface area contributed by atoms with E-state index in [1.54, 1.807) is 0 Å². The van der Waals surface area contributed by atoms with Crippen LogP contribution in [0.3, 0.4) is 0 Å². The van der Waals surface area contributed by atoms with Gasteiger partial charge in [0.05, 0.1) is 12.2 Å². The molecule has 5 heteroatoms. The summed E-state index contributed by atoms with van der Waals surface area (Å²) in [6, 6.07) is 2.63. The van der Waals surface area contributed by atoms with Crippen LogP contribution in [-0.2, 0) is 11.3 Å². The molecule has 2 unspecified atom stereocenters. The number of halogens is 1. The lowest BCUT2D eigenvalue weighted by Gasteiger charge is -2.32. The Bertz CT molecular complexity index is 483. The normalized spacial score (nSPS) is 29.4. The molecule has 1 aliphatic carbocycles. The van der Waals surface area contributed by atoms with Gasteiger partial charge in [-0.3, -0.25) is 0 Å². The smallest absolute Gasteiger partial charge is 0.232 e. The van der Waals surface area contributed by atoms with E-state index in [-0.39, 0.29) is 18.3 Å². The summed E-state index contributed by atoms with van der Waals surface area (Å²) in [7, 11) is 0. The highest BCUT2D eigenvalue weighted by Crippen LogP contribution is 2.28. The van der Waals surface area contributed by atoms with Crippen LogP contribution in [0.4, 0.5) is 0 Å². The maximum Gasteiger partial charge on any atom is 0.232 e. The van der Waals surface area contributed by atoms with Crippen molar-refractivity contribution in [3.05, 3.63) is 22.8 Å². The topological polar surface area (TPSA) is 43.4 Å². The number of nitrogens with one attached hydrogen (secondary N) is 1. The standard InChI is InChI=1S/C16H23ClN2O2/c1-10-5-14(6-11(2)20-10)21-16-15(17)7-12(9-19-16)8-18-13-3-4-13/h7,9-11,13-14,18H,3-6,8H2,1-2H3. The number of hydrogen-bond donors (Lipinski definition) is 1. The Hall–Kier alpha value is -0.840. The minimum absolute atomic E-state index is 0.129. The molecule has 21 heavy (non-hydrogen) atoms. The summed E-state index contributed by atoms with van der Waals surface area (Å²) in [5.41, 5.74) is 1.10. The monoisotopic (exact) mass is 310 g/mol. The van der Waals surface area contributed by atoms with E-state index in [1.165, 1.54) is 12.8 Å². The predicted octanol–water partition coefficient (Wildman–Crippen LogP) is 3.32. The highest BCUT2D eigenvalue weighted by atomic mass is 35.5. The Morgan fingerprint density at radius 1 is 1.33 bits per heavy atom. The number of aromatic nitrogens is 1. The van der Waals surface area contributed by atoms with Crippen molar-refractivity contribution in [3.63, 3.8) is 0 Å². The molecule has 2 fully saturated rings. The molecule has 0 spiro atoms. The highest BCUT2D eigenvalue weighted by Gasteiger charge is 2.26. The van der Waals surface area contributed by atoms with E-state index in [9.17, 15) is 0 Å². The molecule has 0 aromatic carbocycles. The van der Waals surface area contributed by atoms with E-state index in [1.807, 2.05) is 12.3 Å². The van der Waals surface area contributed by atoms with Gasteiger partial charge in [-0.05, 0) is 38.3 Å². The summed E-state index contributed by atoms with van der Waals surface area (Å²) >= 11 is 6.31. The molecule has 0 amide bonds. The van der Waals surface area contributed by atoms with Gasteiger partial charge < -0.3 is 14.8 Å². The van der Waals surface area contributed by atoms with Gasteiger partial charge in [-0.1, -0.05) is 11.6 Å². The Balaban J connectivity index is 1.59. The fraction of sp³-hybridized carbons (Fsp3) is 0.688. The lowest BCUT2D eigenvalue weighted by Crippen LogP contribution is -2.35. The molecule has 116 valence electrons. The van der Waals surface area contributed by atoms with Crippen molar-refractivity contribution >= 4 is 11.6 Å². The molecule has 2 atom stereocenters. The van der Waals surface area contributed by atoms with Crippen LogP contribution >= 0.6 is 11.6 Å². The van der Waals surface area contributed by atoms with E-state index in [0.29, 0.717) is 16.9 Å². The van der Waals surface area contributed by atoms with E-state index in [0.717, 1.165) is 24.9 Å². The molecule has 4 nitrogen and oxygen atoms in total. The third-order valence-corrected chi connectivity index (χ3v) is 4.24. The maximum atomic E-state index is 6.31. The van der Waals surface area contributed by atoms with E-state index in [2.05, 4.69) is 24.1 Å². The van der Waals surface area contributed by atoms with Crippen molar-refractivity contribution in [2.24, 2.45) is 0 Å². The SMILES string of the molecule is CC1CC(Oc2ncc(CNC3CC3)cc2Cl)CC(C)O1. The number of pyridine rings is 1. The zero-order valence-electron chi connectivity index (χ0n) is 12.6. The van der Waals surface area contributed by atoms with Gasteiger partial charge in [-0.2, -0.15) is 0 Å². The lowest BCUT2D eigenvalue weighted by molar-refractivity contribution is -0.0729. The lowest BCUT2D eigenvalue weighted by atomic mass is 10.0. The summed E-state index contributed by atoms with van der Waals surface area (Å²) in [4.78, 5) is 4.39. The van der Waals surface area contributed by atoms with Crippen molar-refractivity contribution < 1.29 is 9.47 Å². The Morgan fingerprint density at radius 2 is 2.05 bits per heavy atom. The summed E-state index contributed by atoms with van der Waals surface area (Å²) < 4.78 is 11.7. The van der Waals surface area contributed by atoms with Gasteiger partial charge in [0.1, 0.15) is 11.1 Å². The van der Waals surface area contributed by atoms with Crippen molar-refractivity contribution in [3.8, 4) is 5.88 Å². The summed E-state index contributed by atoms with van der Waals surface area (Å²) in [5.74, 6) is 0.540. The molecular formula is C16H23ClN2O2. The molecule has 1 aliphatic heterocycles. The number of ether oxygens (including phenoxy) is 2. The quantitative estimate of drug-likeness (QED) is 0.906. The largest absolute Gasteiger partial charge is 0.473 e. The molecular weight excluding hydrogens is 288 g/mol. The fourth-order valence-electron chi connectivity index (χ4n) is 2.80. The van der Waals surface area contributed by atoms with Gasteiger partial charge in [0.25, 0.3) is 0 Å². The van der Waals surface area contributed by atoms with Crippen molar-refractivity contribution in [2.45, 2.75) is 70.4 Å². The zero-order chi connectivity index (χ0) is 14.8. The van der Waals surface area contributed by atoms with Crippen LogP contribution in [0, 0.1) is 0 Å². The predicted molar refractivity (Wildman–Crippen MR) is 82.8 cm³/mol. The molecule has 2 aliphatic rings. The van der Waals surface area contributed by atoms with Gasteiger partial charge in [0, 0.05) is 31.6 Å². The average Bonchev–Trinajstić information content (AvgIpc) is 3.22. The van der Waals surface area contributed by atoms with Crippen LogP contribution in [0.5, 0.6) is 5.88 Å². The minimum Gasteiger partial charge on any atom is -0.473 e. The second-order valence-corrected chi connectivity index (χ2v) is 6.66. The van der Waals surface area contributed by atoms with E-state index >= 15 is 0 Å². The van der Waals surface area contributed by atoms with E-state index in [4.69, 9.17) is 21.1 Å². The van der Waals surface area contributed by atoms with Crippen molar-refractivity contribution in [2.75, 3.05) is 0 Å². The third kappa shape index (κ3) is 4.31. The van der Waals surface area contributed by atoms with Crippen molar-refractivity contribution in [1.82, 2.24) is 10.3 Å². The van der Waals surface area contributed by atoms with Gasteiger partial charge in [-0.15, -0.1) is 0 Å². The van der Waals surface area contributed by atoms with Crippen LogP contribution in [0.2, 0.25) is 5.02 Å². The average molecular weight is 311 g/mol. The van der Waals surface area contributed by atoms with Crippen molar-refractivity contribution in [1.29, 1.82) is 0 Å². The molecule has 3 rings (SSSR count). The van der Waals surface area contributed by atoms with Crippen LogP contribution in [0.25, 0.3) is 0 Å². The first-order valence-corrected chi connectivity index (χ1v) is 8.18. The van der Waals surface area contributed by atoms with E-state index < -0.39 is 0 Å². The Morgan fingerprint density at radius 3 is 2.67 bits per heavy atom. The van der Waals surface area contributed by atoms with Crippen LogP contribution in [-0.4, -0.2) is 29.3 Å². The summed E-state index contributed by atoms with van der Waals surface area (Å²) in [5, 5.41) is 4.05. The highest BCUT2D eigenvalue weighted by molar-refractivity contribution is 6.31. The first-order valence-electron chi connectivity index (χ1n) is 7.80. The van der Waals surface area contributed by atoms with Gasteiger partial charge in [-0.25, -0.2) is 4.98 Å². The molecule has 1 aromatic rings. The molecule has 2 heterocycles. The molecule has 1 saturated heterocycles. The second kappa shape index (κ2) is 6.51. The van der Waals surface area contributed by atoms with Crippen LogP contribution < -0.4 is 10.1 Å². The van der Waals surface area contributed by atoms with Gasteiger partial charge >= 0.3 is 0 Å². The van der Waals surface area contributed by atoms with Gasteiger partial charge in [0.15, 0.2) is 0 Å². The minimum atomic E-state index is 0.129. The molecule has 1 aromatic heterocycles. The molecule has 1 N–H and O–H groups in total. The first-order chi connectivity index (χ1) is 10.1. The van der Waals surface area contributed by atoms with Crippen LogP contribution in [0.1, 0.15) is 45.1 Å². The molecule has 0 bridgehead atoms. The second-order valence-electron chi connectivity index (χ2n) is 6.25. The number of nitrogens with zero attached hydrogens (tertiary/aromatic N) is 1. The zero-order valence-corrected chi connectivity index (χ0v) is 13.4. The number of rotatable bonds is 5. The first kappa shape index (κ1) is 15.1. The van der Waals surface area contributed by atoms with Crippen LogP contribution in [0.15, 0.2) is 12.3 Å². The number of hydrogen-bond acceptors (Lipinski definition) is 4. The van der Waals surface area contributed by atoms with Gasteiger partial charge in [0.2, 0.25) is 5.88 Å².